The number of benzene rings is 1. The summed E-state index contributed by atoms with van der Waals surface area (Å²) in [5.74, 6) is -0.236. The zero-order valence-electron chi connectivity index (χ0n) is 20.8. The summed E-state index contributed by atoms with van der Waals surface area (Å²) in [4.78, 5) is 29.3. The molecule has 11 nitrogen and oxygen atoms in total. The molecular formula is C21H24N8O3. The predicted octanol–water partition coefficient (Wildman–Crippen LogP) is 2.04. The second-order valence-corrected chi connectivity index (χ2v) is 7.37. The van der Waals surface area contributed by atoms with Crippen LogP contribution in [0.25, 0.3) is 11.4 Å². The Balaban J connectivity index is 1.78. The second-order valence-electron chi connectivity index (χ2n) is 7.37. The van der Waals surface area contributed by atoms with Crippen molar-refractivity contribution in [1.82, 2.24) is 30.3 Å². The third kappa shape index (κ3) is 4.09. The van der Waals surface area contributed by atoms with Gasteiger partial charge in [-0.25, -0.2) is 4.98 Å². The van der Waals surface area contributed by atoms with Gasteiger partial charge in [0, 0.05) is 29.6 Å². The molecule has 0 bridgehead atoms. The molecule has 11 heteroatoms. The first kappa shape index (κ1) is 17.6. The van der Waals surface area contributed by atoms with E-state index in [4.69, 9.17) is 8.85 Å². The molecule has 1 aliphatic rings. The lowest BCUT2D eigenvalue weighted by molar-refractivity contribution is -0.117. The Labute approximate surface area is 188 Å². The molecule has 1 saturated carbocycles. The van der Waals surface area contributed by atoms with Crippen LogP contribution in [0.2, 0.25) is 0 Å². The van der Waals surface area contributed by atoms with E-state index < -0.39 is 12.9 Å². The van der Waals surface area contributed by atoms with Gasteiger partial charge < -0.3 is 20.7 Å². The standard InChI is InChI=1S/C21H24N8O3/c1-11-15(16(21(31)22-2)26-27-18(11)25-20(30)12-8-9-12)24-14-7-5-6-13(17(14)32-4)19-23-10-29(3)28-19/h5-7,10,12H,8-9H2,1-4H3,(H,22,31)(H2,24,25,27,30)/i2D3. The van der Waals surface area contributed by atoms with E-state index >= 15 is 0 Å². The van der Waals surface area contributed by atoms with Crippen molar-refractivity contribution in [3.05, 3.63) is 35.8 Å². The lowest BCUT2D eigenvalue weighted by Gasteiger charge is -2.18. The van der Waals surface area contributed by atoms with E-state index in [1.807, 2.05) is 5.32 Å². The van der Waals surface area contributed by atoms with Crippen molar-refractivity contribution >= 4 is 29.0 Å². The normalized spacial score (nSPS) is 14.7. The van der Waals surface area contributed by atoms with Crippen LogP contribution in [0.4, 0.5) is 17.2 Å². The number of rotatable bonds is 7. The highest BCUT2D eigenvalue weighted by Gasteiger charge is 2.31. The van der Waals surface area contributed by atoms with Crippen LogP contribution in [0.1, 0.15) is 33.0 Å². The highest BCUT2D eigenvalue weighted by Crippen LogP contribution is 2.38. The topological polar surface area (TPSA) is 136 Å². The van der Waals surface area contributed by atoms with Gasteiger partial charge in [-0.05, 0) is 31.9 Å². The molecule has 166 valence electrons. The first-order chi connectivity index (χ1) is 16.6. The van der Waals surface area contributed by atoms with Gasteiger partial charge in [0.2, 0.25) is 5.91 Å². The average molecular weight is 439 g/mol. The number of para-hydroxylation sites is 1. The fraction of sp³-hybridized carbons (Fsp3) is 0.333. The highest BCUT2D eigenvalue weighted by atomic mass is 16.5. The first-order valence-electron chi connectivity index (χ1n) is 11.4. The number of aryl methyl sites for hydroxylation is 1. The van der Waals surface area contributed by atoms with E-state index in [-0.39, 0.29) is 29.0 Å². The molecule has 32 heavy (non-hydrogen) atoms. The number of aromatic nitrogens is 5. The van der Waals surface area contributed by atoms with Crippen molar-refractivity contribution in [1.29, 1.82) is 0 Å². The van der Waals surface area contributed by atoms with Gasteiger partial charge in [-0.1, -0.05) is 6.07 Å². The number of methoxy groups -OCH3 is 1. The molecule has 0 atom stereocenters. The summed E-state index contributed by atoms with van der Waals surface area (Å²) in [6.45, 7) is -1.09. The maximum absolute atomic E-state index is 12.8. The SMILES string of the molecule is [2H]C([2H])([2H])NC(=O)c1nnc(NC(=O)C2CC2)c(C)c1Nc1cccc(-c2ncn(C)n2)c1OC. The van der Waals surface area contributed by atoms with Crippen LogP contribution in [-0.4, -0.2) is 50.9 Å². The minimum Gasteiger partial charge on any atom is -0.494 e. The van der Waals surface area contributed by atoms with E-state index in [1.165, 1.54) is 7.11 Å². The smallest absolute Gasteiger partial charge is 0.273 e. The van der Waals surface area contributed by atoms with Crippen LogP contribution in [0.5, 0.6) is 5.75 Å². The Morgan fingerprint density at radius 2 is 2.09 bits per heavy atom. The molecule has 0 unspecified atom stereocenters. The minimum absolute atomic E-state index is 0.0752. The summed E-state index contributed by atoms with van der Waals surface area (Å²) < 4.78 is 29.3. The Hall–Kier alpha value is -4.02. The quantitative estimate of drug-likeness (QED) is 0.509. The first-order valence-corrected chi connectivity index (χ1v) is 9.88. The van der Waals surface area contributed by atoms with Crippen LogP contribution in [0.3, 0.4) is 0 Å². The zero-order chi connectivity index (χ0) is 25.3. The molecule has 4 rings (SSSR count). The monoisotopic (exact) mass is 439 g/mol. The fourth-order valence-electron chi connectivity index (χ4n) is 3.20. The van der Waals surface area contributed by atoms with Crippen molar-refractivity contribution in [3.8, 4) is 17.1 Å². The molecule has 3 N–H and O–H groups in total. The zero-order valence-corrected chi connectivity index (χ0v) is 17.8. The lowest BCUT2D eigenvalue weighted by atomic mass is 10.1. The van der Waals surface area contributed by atoms with Crippen molar-refractivity contribution < 1.29 is 18.4 Å². The summed E-state index contributed by atoms with van der Waals surface area (Å²) in [5, 5.41) is 20.0. The Bertz CT molecular complexity index is 1290. The van der Waals surface area contributed by atoms with Crippen molar-refractivity contribution in [3.63, 3.8) is 0 Å². The molecule has 0 saturated heterocycles. The molecule has 1 aliphatic carbocycles. The maximum Gasteiger partial charge on any atom is 0.273 e. The van der Waals surface area contributed by atoms with Crippen LogP contribution in [0, 0.1) is 12.8 Å². The molecular weight excluding hydrogens is 412 g/mol. The van der Waals surface area contributed by atoms with Crippen molar-refractivity contribution in [2.75, 3.05) is 24.7 Å². The molecule has 0 spiro atoms. The fourth-order valence-corrected chi connectivity index (χ4v) is 3.20. The van der Waals surface area contributed by atoms with Gasteiger partial charge in [0.25, 0.3) is 5.91 Å². The van der Waals surface area contributed by atoms with Crippen LogP contribution >= 0.6 is 0 Å². The number of anilines is 3. The third-order valence-electron chi connectivity index (χ3n) is 5.05. The second kappa shape index (κ2) is 8.61. The van der Waals surface area contributed by atoms with Gasteiger partial charge in [0.1, 0.15) is 6.33 Å². The van der Waals surface area contributed by atoms with Crippen LogP contribution in [0.15, 0.2) is 24.5 Å². The molecule has 2 aromatic heterocycles. The number of nitrogens with zero attached hydrogens (tertiary/aromatic N) is 5. The summed E-state index contributed by atoms with van der Waals surface area (Å²) in [6.07, 6.45) is 3.15. The largest absolute Gasteiger partial charge is 0.494 e. The maximum atomic E-state index is 12.8. The number of hydrogen-bond donors (Lipinski definition) is 3. The highest BCUT2D eigenvalue weighted by molar-refractivity contribution is 6.01. The molecule has 1 aromatic carbocycles. The van der Waals surface area contributed by atoms with Gasteiger partial charge in [0.05, 0.1) is 24.0 Å². The number of carbonyl (C=O) groups excluding carboxylic acids is 2. The van der Waals surface area contributed by atoms with Crippen LogP contribution in [-0.2, 0) is 11.8 Å². The summed E-state index contributed by atoms with van der Waals surface area (Å²) in [5.41, 5.74) is 1.33. The summed E-state index contributed by atoms with van der Waals surface area (Å²) in [6, 6.07) is 5.23. The number of hydrogen-bond acceptors (Lipinski definition) is 8. The van der Waals surface area contributed by atoms with Crippen molar-refractivity contribution in [2.24, 2.45) is 13.0 Å². The molecule has 3 aromatic rings. The number of ether oxygens (including phenoxy) is 1. The third-order valence-corrected chi connectivity index (χ3v) is 5.05. The van der Waals surface area contributed by atoms with Gasteiger partial charge in [-0.15, -0.1) is 10.2 Å². The van der Waals surface area contributed by atoms with Crippen LogP contribution < -0.4 is 20.7 Å². The Morgan fingerprint density at radius 3 is 2.75 bits per heavy atom. The molecule has 2 amide bonds. The van der Waals surface area contributed by atoms with E-state index in [0.29, 0.717) is 28.4 Å². The molecule has 0 radical (unpaired) electrons. The van der Waals surface area contributed by atoms with E-state index in [0.717, 1.165) is 12.8 Å². The van der Waals surface area contributed by atoms with Gasteiger partial charge in [-0.2, -0.15) is 5.10 Å². The predicted molar refractivity (Wildman–Crippen MR) is 118 cm³/mol. The van der Waals surface area contributed by atoms with E-state index in [9.17, 15) is 9.59 Å². The molecule has 1 fully saturated rings. The van der Waals surface area contributed by atoms with Gasteiger partial charge in [0.15, 0.2) is 23.1 Å². The number of amides is 2. The number of carbonyl (C=O) groups is 2. The van der Waals surface area contributed by atoms with Crippen molar-refractivity contribution in [2.45, 2.75) is 19.8 Å². The lowest BCUT2D eigenvalue weighted by Crippen LogP contribution is -2.23. The Morgan fingerprint density at radius 1 is 1.28 bits per heavy atom. The summed E-state index contributed by atoms with van der Waals surface area (Å²) >= 11 is 0. The van der Waals surface area contributed by atoms with Gasteiger partial charge in [-0.3, -0.25) is 14.3 Å². The minimum atomic E-state index is -2.73. The Kier molecular flexibility index (Phi) is 4.75. The molecule has 2 heterocycles. The van der Waals surface area contributed by atoms with Gasteiger partial charge >= 0.3 is 0 Å². The average Bonchev–Trinajstić information content (AvgIpc) is 3.56. The number of nitrogens with one attached hydrogen (secondary N) is 3. The van der Waals surface area contributed by atoms with E-state index in [1.54, 1.807) is 43.2 Å². The molecule has 0 aliphatic heterocycles. The summed E-state index contributed by atoms with van der Waals surface area (Å²) in [7, 11) is 3.22. The van der Waals surface area contributed by atoms with E-state index in [2.05, 4.69) is 30.9 Å².